The summed E-state index contributed by atoms with van der Waals surface area (Å²) in [4.78, 5) is 8.30. The smallest absolute Gasteiger partial charge is 0.348 e. The second-order valence-electron chi connectivity index (χ2n) is 6.15. The van der Waals surface area contributed by atoms with Crippen molar-refractivity contribution >= 4 is 5.95 Å². The summed E-state index contributed by atoms with van der Waals surface area (Å²) in [6.45, 7) is 0.275. The van der Waals surface area contributed by atoms with E-state index in [9.17, 15) is 13.2 Å². The predicted molar refractivity (Wildman–Crippen MR) is 101 cm³/mol. The van der Waals surface area contributed by atoms with Crippen molar-refractivity contribution in [3.05, 3.63) is 84.3 Å². The fourth-order valence-corrected chi connectivity index (χ4v) is 2.80. The number of nitrogens with one attached hydrogen (secondary N) is 1. The molecule has 0 bridgehead atoms. The minimum Gasteiger partial charge on any atom is -0.348 e. The zero-order valence-electron chi connectivity index (χ0n) is 15.0. The van der Waals surface area contributed by atoms with Crippen LogP contribution in [-0.4, -0.2) is 25.0 Å². The minimum absolute atomic E-state index is 0.000437. The Morgan fingerprint density at radius 3 is 2.48 bits per heavy atom. The van der Waals surface area contributed by atoms with Gasteiger partial charge >= 0.3 is 6.18 Å². The summed E-state index contributed by atoms with van der Waals surface area (Å²) in [6, 6.07) is 16.3. The van der Waals surface area contributed by atoms with Crippen LogP contribution >= 0.6 is 0 Å². The van der Waals surface area contributed by atoms with Crippen molar-refractivity contribution < 1.29 is 13.2 Å². The van der Waals surface area contributed by atoms with Crippen LogP contribution in [0.25, 0.3) is 16.9 Å². The summed E-state index contributed by atoms with van der Waals surface area (Å²) in [7, 11) is 0. The first-order chi connectivity index (χ1) is 14.0. The molecule has 146 valence electrons. The van der Waals surface area contributed by atoms with E-state index in [0.717, 1.165) is 11.8 Å². The van der Waals surface area contributed by atoms with Crippen molar-refractivity contribution in [1.82, 2.24) is 25.0 Å². The average Bonchev–Trinajstić information content (AvgIpc) is 3.22. The van der Waals surface area contributed by atoms with Crippen LogP contribution in [-0.2, 0) is 12.7 Å². The highest BCUT2D eigenvalue weighted by atomic mass is 19.4. The fraction of sp³-hybridized carbons (Fsp3) is 0.100. The highest BCUT2D eigenvalue weighted by Crippen LogP contribution is 2.36. The van der Waals surface area contributed by atoms with Gasteiger partial charge in [0.15, 0.2) is 0 Å². The Balaban J connectivity index is 1.52. The molecule has 0 saturated heterocycles. The summed E-state index contributed by atoms with van der Waals surface area (Å²) in [5.74, 6) is 0.203. The predicted octanol–water partition coefficient (Wildman–Crippen LogP) is 4.36. The van der Waals surface area contributed by atoms with E-state index in [1.54, 1.807) is 16.9 Å². The Morgan fingerprint density at radius 2 is 1.69 bits per heavy atom. The van der Waals surface area contributed by atoms with Gasteiger partial charge in [0, 0.05) is 11.8 Å². The quantitative estimate of drug-likeness (QED) is 0.543. The van der Waals surface area contributed by atoms with Crippen molar-refractivity contribution in [2.75, 3.05) is 5.32 Å². The SMILES string of the molecule is FC(F)(F)c1ccccc1-c1ccnc(NCc2cn(-c3ccccc3)nn2)n1. The molecule has 0 amide bonds. The van der Waals surface area contributed by atoms with Crippen LogP contribution in [0.5, 0.6) is 0 Å². The molecule has 0 aliphatic carbocycles. The van der Waals surface area contributed by atoms with E-state index >= 15 is 0 Å². The molecular weight excluding hydrogens is 381 g/mol. The third-order valence-corrected chi connectivity index (χ3v) is 4.15. The lowest BCUT2D eigenvalue weighted by Crippen LogP contribution is -2.08. The Hall–Kier alpha value is -3.75. The van der Waals surface area contributed by atoms with Gasteiger partial charge in [-0.05, 0) is 24.3 Å². The lowest BCUT2D eigenvalue weighted by Gasteiger charge is -2.12. The molecule has 29 heavy (non-hydrogen) atoms. The molecular formula is C20H15F3N6. The molecule has 2 aromatic heterocycles. The van der Waals surface area contributed by atoms with Crippen LogP contribution in [0.3, 0.4) is 0 Å². The maximum absolute atomic E-state index is 13.3. The zero-order chi connectivity index (χ0) is 20.3. The van der Waals surface area contributed by atoms with Crippen LogP contribution < -0.4 is 5.32 Å². The Morgan fingerprint density at radius 1 is 0.931 bits per heavy atom. The topological polar surface area (TPSA) is 68.5 Å². The standard InChI is InChI=1S/C20H15F3N6/c21-20(22,23)17-9-5-4-8-16(17)18-10-11-24-19(26-18)25-12-14-13-29(28-27-14)15-6-2-1-3-7-15/h1-11,13H,12H2,(H,24,25,26). The summed E-state index contributed by atoms with van der Waals surface area (Å²) >= 11 is 0. The molecule has 2 heterocycles. The molecule has 4 rings (SSSR count). The third kappa shape index (κ3) is 4.23. The summed E-state index contributed by atoms with van der Waals surface area (Å²) < 4.78 is 41.4. The van der Waals surface area contributed by atoms with Crippen molar-refractivity contribution in [2.45, 2.75) is 12.7 Å². The molecule has 0 saturated carbocycles. The van der Waals surface area contributed by atoms with Gasteiger partial charge in [-0.2, -0.15) is 13.2 Å². The van der Waals surface area contributed by atoms with E-state index < -0.39 is 11.7 Å². The highest BCUT2D eigenvalue weighted by molar-refractivity contribution is 5.65. The average molecular weight is 396 g/mol. The number of benzene rings is 2. The van der Waals surface area contributed by atoms with Gasteiger partial charge in [-0.3, -0.25) is 0 Å². The molecule has 0 spiro atoms. The molecule has 1 N–H and O–H groups in total. The van der Waals surface area contributed by atoms with Crippen LogP contribution in [0.2, 0.25) is 0 Å². The van der Waals surface area contributed by atoms with Gasteiger partial charge in [0.05, 0.1) is 29.7 Å². The van der Waals surface area contributed by atoms with Gasteiger partial charge < -0.3 is 5.32 Å². The van der Waals surface area contributed by atoms with Gasteiger partial charge in [0.1, 0.15) is 5.69 Å². The molecule has 0 radical (unpaired) electrons. The van der Waals surface area contributed by atoms with Crippen LogP contribution in [0.15, 0.2) is 73.1 Å². The largest absolute Gasteiger partial charge is 0.417 e. The van der Waals surface area contributed by atoms with Gasteiger partial charge in [-0.1, -0.05) is 41.6 Å². The zero-order valence-corrected chi connectivity index (χ0v) is 15.0. The third-order valence-electron chi connectivity index (χ3n) is 4.15. The van der Waals surface area contributed by atoms with E-state index in [4.69, 9.17) is 0 Å². The summed E-state index contributed by atoms with van der Waals surface area (Å²) in [5.41, 5.74) is 0.950. The van der Waals surface area contributed by atoms with Crippen molar-refractivity contribution in [2.24, 2.45) is 0 Å². The number of halogens is 3. The van der Waals surface area contributed by atoms with Crippen LogP contribution in [0.4, 0.5) is 19.1 Å². The van der Waals surface area contributed by atoms with Crippen molar-refractivity contribution in [3.8, 4) is 16.9 Å². The molecule has 4 aromatic rings. The number of anilines is 1. The van der Waals surface area contributed by atoms with E-state index in [1.165, 1.54) is 24.4 Å². The molecule has 0 fully saturated rings. The van der Waals surface area contributed by atoms with Crippen LogP contribution in [0.1, 0.15) is 11.3 Å². The molecule has 9 heteroatoms. The minimum atomic E-state index is -4.47. The fourth-order valence-electron chi connectivity index (χ4n) is 2.80. The number of hydrogen-bond acceptors (Lipinski definition) is 5. The lowest BCUT2D eigenvalue weighted by molar-refractivity contribution is -0.137. The van der Waals surface area contributed by atoms with Crippen LogP contribution in [0, 0.1) is 0 Å². The Kier molecular flexibility index (Phi) is 4.94. The van der Waals surface area contributed by atoms with Gasteiger partial charge in [0.2, 0.25) is 5.95 Å². The number of para-hydroxylation sites is 1. The first-order valence-electron chi connectivity index (χ1n) is 8.71. The summed E-state index contributed by atoms with van der Waals surface area (Å²) in [5, 5.41) is 11.1. The maximum atomic E-state index is 13.3. The lowest BCUT2D eigenvalue weighted by atomic mass is 10.0. The van der Waals surface area contributed by atoms with Gasteiger partial charge in [-0.25, -0.2) is 14.6 Å². The van der Waals surface area contributed by atoms with E-state index in [-0.39, 0.29) is 23.8 Å². The van der Waals surface area contributed by atoms with Crippen molar-refractivity contribution in [3.63, 3.8) is 0 Å². The molecule has 0 atom stereocenters. The Bertz CT molecular complexity index is 1110. The molecule has 2 aromatic carbocycles. The first-order valence-corrected chi connectivity index (χ1v) is 8.71. The van der Waals surface area contributed by atoms with Crippen molar-refractivity contribution in [1.29, 1.82) is 0 Å². The second-order valence-corrected chi connectivity index (χ2v) is 6.15. The van der Waals surface area contributed by atoms with E-state index in [2.05, 4.69) is 25.6 Å². The first kappa shape index (κ1) is 18.6. The molecule has 0 aliphatic heterocycles. The molecule has 6 nitrogen and oxygen atoms in total. The monoisotopic (exact) mass is 396 g/mol. The number of alkyl halides is 3. The highest BCUT2D eigenvalue weighted by Gasteiger charge is 2.33. The van der Waals surface area contributed by atoms with Gasteiger partial charge in [0.25, 0.3) is 0 Å². The normalized spacial score (nSPS) is 11.4. The summed E-state index contributed by atoms with van der Waals surface area (Å²) in [6.07, 6.45) is -1.30. The van der Waals surface area contributed by atoms with E-state index in [0.29, 0.717) is 5.69 Å². The van der Waals surface area contributed by atoms with E-state index in [1.807, 2.05) is 30.3 Å². The maximum Gasteiger partial charge on any atom is 0.417 e. The Labute approximate surface area is 164 Å². The number of hydrogen-bond donors (Lipinski definition) is 1. The second kappa shape index (κ2) is 7.70. The number of nitrogens with zero attached hydrogens (tertiary/aromatic N) is 5. The van der Waals surface area contributed by atoms with Gasteiger partial charge in [-0.15, -0.1) is 5.10 Å². The number of rotatable bonds is 5. The molecule has 0 aliphatic rings. The number of aromatic nitrogens is 5. The molecule has 0 unspecified atom stereocenters.